The van der Waals surface area contributed by atoms with Crippen molar-refractivity contribution < 1.29 is 9.29 Å². The standard InChI is InChI=1S/C24H23ClFN3/c25-22-12-7-13-23(26)21(22)18-27-29-16-14-28(15-17-29)24(19-8-3-1-4-9-19)20-10-5-2-6-11-20/h1-13,18,24H,14-17H2/p+1/b27-18-. The van der Waals surface area contributed by atoms with Crippen molar-refractivity contribution in [2.45, 2.75) is 6.04 Å². The van der Waals surface area contributed by atoms with Crippen LogP contribution in [0.3, 0.4) is 0 Å². The molecule has 3 aromatic carbocycles. The number of quaternary nitrogens is 1. The van der Waals surface area contributed by atoms with Crippen LogP contribution in [0, 0.1) is 5.82 Å². The summed E-state index contributed by atoms with van der Waals surface area (Å²) < 4.78 is 13.9. The Bertz CT molecular complexity index is 895. The minimum atomic E-state index is -0.348. The number of piperazine rings is 1. The van der Waals surface area contributed by atoms with Crippen molar-refractivity contribution in [2.24, 2.45) is 5.10 Å². The second kappa shape index (κ2) is 9.21. The van der Waals surface area contributed by atoms with Gasteiger partial charge in [-0.15, -0.1) is 0 Å². The van der Waals surface area contributed by atoms with E-state index >= 15 is 0 Å². The monoisotopic (exact) mass is 408 g/mol. The number of hydrogen-bond donors (Lipinski definition) is 1. The van der Waals surface area contributed by atoms with Gasteiger partial charge in [-0.05, 0) is 12.1 Å². The first-order valence-electron chi connectivity index (χ1n) is 9.90. The first-order chi connectivity index (χ1) is 14.2. The van der Waals surface area contributed by atoms with Crippen LogP contribution in [-0.2, 0) is 0 Å². The summed E-state index contributed by atoms with van der Waals surface area (Å²) in [6.07, 6.45) is 1.54. The second-order valence-corrected chi connectivity index (χ2v) is 7.65. The Labute approximate surface area is 176 Å². The van der Waals surface area contributed by atoms with Crippen LogP contribution in [0.15, 0.2) is 84.0 Å². The summed E-state index contributed by atoms with van der Waals surface area (Å²) in [6, 6.07) is 26.3. The highest BCUT2D eigenvalue weighted by Gasteiger charge is 2.29. The molecule has 148 valence electrons. The molecule has 0 amide bonds. The third-order valence-corrected chi connectivity index (χ3v) is 5.74. The van der Waals surface area contributed by atoms with Crippen LogP contribution in [0.5, 0.6) is 0 Å². The fraction of sp³-hybridized carbons (Fsp3) is 0.208. The topological polar surface area (TPSA) is 20.0 Å². The Morgan fingerprint density at radius 3 is 2.00 bits per heavy atom. The summed E-state index contributed by atoms with van der Waals surface area (Å²) in [4.78, 5) is 1.51. The summed E-state index contributed by atoms with van der Waals surface area (Å²) in [5.41, 5.74) is 2.99. The molecule has 1 N–H and O–H groups in total. The summed E-state index contributed by atoms with van der Waals surface area (Å²) >= 11 is 6.09. The van der Waals surface area contributed by atoms with Gasteiger partial charge in [0.2, 0.25) is 0 Å². The lowest BCUT2D eigenvalue weighted by Crippen LogP contribution is -3.15. The molecule has 0 bridgehead atoms. The molecular formula is C24H24ClFN3+. The third-order valence-electron chi connectivity index (χ3n) is 5.41. The zero-order valence-corrected chi connectivity index (χ0v) is 16.9. The maximum absolute atomic E-state index is 13.9. The normalized spacial score (nSPS) is 15.3. The predicted molar refractivity (Wildman–Crippen MR) is 116 cm³/mol. The van der Waals surface area contributed by atoms with Gasteiger partial charge in [-0.1, -0.05) is 78.3 Å². The first-order valence-corrected chi connectivity index (χ1v) is 10.3. The molecule has 0 saturated carbocycles. The number of hydrogen-bond acceptors (Lipinski definition) is 2. The molecule has 0 atom stereocenters. The van der Waals surface area contributed by atoms with Crippen molar-refractivity contribution in [3.05, 3.63) is 106 Å². The van der Waals surface area contributed by atoms with Crippen molar-refractivity contribution >= 4 is 17.8 Å². The molecular weight excluding hydrogens is 385 g/mol. The van der Waals surface area contributed by atoms with E-state index in [1.54, 1.807) is 12.1 Å². The average molecular weight is 409 g/mol. The molecule has 0 radical (unpaired) electrons. The highest BCUT2D eigenvalue weighted by Crippen LogP contribution is 2.20. The third kappa shape index (κ3) is 4.66. The molecule has 1 saturated heterocycles. The quantitative estimate of drug-likeness (QED) is 0.636. The molecule has 3 nitrogen and oxygen atoms in total. The smallest absolute Gasteiger partial charge is 0.139 e. The molecule has 1 aliphatic heterocycles. The minimum Gasteiger partial charge on any atom is -0.322 e. The van der Waals surface area contributed by atoms with Gasteiger partial charge in [-0.25, -0.2) is 4.39 Å². The van der Waals surface area contributed by atoms with Gasteiger partial charge in [0, 0.05) is 16.7 Å². The highest BCUT2D eigenvalue weighted by atomic mass is 35.5. The number of hydrazone groups is 1. The van der Waals surface area contributed by atoms with E-state index in [1.807, 2.05) is 5.01 Å². The number of halogens is 2. The zero-order chi connectivity index (χ0) is 20.1. The lowest BCUT2D eigenvalue weighted by Gasteiger charge is -2.36. The van der Waals surface area contributed by atoms with Crippen LogP contribution in [0.25, 0.3) is 0 Å². The number of benzene rings is 3. The average Bonchev–Trinajstić information content (AvgIpc) is 2.76. The fourth-order valence-corrected chi connectivity index (χ4v) is 4.13. The van der Waals surface area contributed by atoms with Crippen LogP contribution < -0.4 is 4.90 Å². The SMILES string of the molecule is Fc1cccc(Cl)c1/C=N\N1CC[NH+](C(c2ccccc2)c2ccccc2)CC1. The molecule has 4 rings (SSSR count). The maximum atomic E-state index is 13.9. The number of nitrogens with zero attached hydrogens (tertiary/aromatic N) is 2. The summed E-state index contributed by atoms with van der Waals surface area (Å²) in [5.74, 6) is -0.348. The summed E-state index contributed by atoms with van der Waals surface area (Å²) in [6.45, 7) is 3.54. The Balaban J connectivity index is 1.48. The van der Waals surface area contributed by atoms with E-state index in [1.165, 1.54) is 28.3 Å². The Kier molecular flexibility index (Phi) is 6.23. The van der Waals surface area contributed by atoms with Gasteiger partial charge < -0.3 is 4.90 Å². The Morgan fingerprint density at radius 1 is 0.862 bits per heavy atom. The summed E-state index contributed by atoms with van der Waals surface area (Å²) in [5, 5.41) is 6.87. The van der Waals surface area contributed by atoms with Crippen molar-refractivity contribution in [3.63, 3.8) is 0 Å². The maximum Gasteiger partial charge on any atom is 0.139 e. The minimum absolute atomic E-state index is 0.296. The molecule has 0 spiro atoms. The summed E-state index contributed by atoms with van der Waals surface area (Å²) in [7, 11) is 0. The van der Waals surface area contributed by atoms with E-state index in [2.05, 4.69) is 65.8 Å². The van der Waals surface area contributed by atoms with Crippen LogP contribution >= 0.6 is 11.6 Å². The van der Waals surface area contributed by atoms with E-state index in [4.69, 9.17) is 11.6 Å². The van der Waals surface area contributed by atoms with Gasteiger partial charge in [0.25, 0.3) is 0 Å². The van der Waals surface area contributed by atoms with Gasteiger partial charge in [0.15, 0.2) is 0 Å². The largest absolute Gasteiger partial charge is 0.322 e. The number of nitrogens with one attached hydrogen (secondary N) is 1. The highest BCUT2D eigenvalue weighted by molar-refractivity contribution is 6.33. The molecule has 1 aliphatic rings. The van der Waals surface area contributed by atoms with Crippen molar-refractivity contribution in [2.75, 3.05) is 26.2 Å². The van der Waals surface area contributed by atoms with Crippen LogP contribution in [-0.4, -0.2) is 37.4 Å². The van der Waals surface area contributed by atoms with Gasteiger partial charge >= 0.3 is 0 Å². The predicted octanol–water partition coefficient (Wildman–Crippen LogP) is 3.80. The lowest BCUT2D eigenvalue weighted by atomic mass is 9.96. The lowest BCUT2D eigenvalue weighted by molar-refractivity contribution is -0.929. The molecule has 0 aliphatic carbocycles. The van der Waals surface area contributed by atoms with Gasteiger partial charge in [0.1, 0.15) is 11.9 Å². The van der Waals surface area contributed by atoms with Gasteiger partial charge in [-0.2, -0.15) is 5.10 Å². The molecule has 1 heterocycles. The van der Waals surface area contributed by atoms with Crippen LogP contribution in [0.4, 0.5) is 4.39 Å². The Morgan fingerprint density at radius 2 is 1.45 bits per heavy atom. The fourth-order valence-electron chi connectivity index (χ4n) is 3.91. The number of rotatable bonds is 5. The molecule has 5 heteroatoms. The van der Waals surface area contributed by atoms with Crippen molar-refractivity contribution in [3.8, 4) is 0 Å². The first kappa shape index (κ1) is 19.6. The van der Waals surface area contributed by atoms with Crippen LogP contribution in [0.1, 0.15) is 22.7 Å². The Hall–Kier alpha value is -2.69. The zero-order valence-electron chi connectivity index (χ0n) is 16.1. The second-order valence-electron chi connectivity index (χ2n) is 7.25. The van der Waals surface area contributed by atoms with Crippen LogP contribution in [0.2, 0.25) is 5.02 Å². The molecule has 0 unspecified atom stereocenters. The van der Waals surface area contributed by atoms with E-state index < -0.39 is 0 Å². The molecule has 3 aromatic rings. The van der Waals surface area contributed by atoms with Crippen molar-refractivity contribution in [1.29, 1.82) is 0 Å². The van der Waals surface area contributed by atoms with Gasteiger partial charge in [0.05, 0.1) is 37.4 Å². The van der Waals surface area contributed by atoms with Crippen molar-refractivity contribution in [1.82, 2.24) is 5.01 Å². The van der Waals surface area contributed by atoms with E-state index in [0.717, 1.165) is 26.2 Å². The van der Waals surface area contributed by atoms with E-state index in [9.17, 15) is 4.39 Å². The molecule has 29 heavy (non-hydrogen) atoms. The van der Waals surface area contributed by atoms with Gasteiger partial charge in [-0.3, -0.25) is 5.01 Å². The molecule has 0 aromatic heterocycles. The molecule has 1 fully saturated rings. The van der Waals surface area contributed by atoms with E-state index in [0.29, 0.717) is 16.6 Å². The van der Waals surface area contributed by atoms with E-state index in [-0.39, 0.29) is 5.82 Å².